The Balaban J connectivity index is 2.10. The fourth-order valence-corrected chi connectivity index (χ4v) is 2.15. The van der Waals surface area contributed by atoms with Crippen molar-refractivity contribution in [3.05, 3.63) is 57.5 Å². The second-order valence-corrected chi connectivity index (χ2v) is 5.27. The molecule has 0 aromatic heterocycles. The van der Waals surface area contributed by atoms with Crippen LogP contribution in [0.2, 0.25) is 5.02 Å². The maximum Gasteiger partial charge on any atom is 0.335 e. The van der Waals surface area contributed by atoms with Crippen LogP contribution in [0, 0.1) is 0 Å². The van der Waals surface area contributed by atoms with Crippen LogP contribution in [0.3, 0.4) is 0 Å². The van der Waals surface area contributed by atoms with Gasteiger partial charge >= 0.3 is 12.0 Å². The highest BCUT2D eigenvalue weighted by Crippen LogP contribution is 2.30. The van der Waals surface area contributed by atoms with Gasteiger partial charge in [0.2, 0.25) is 0 Å². The molecule has 0 radical (unpaired) electrons. The zero-order valence-electron chi connectivity index (χ0n) is 10.6. The minimum absolute atomic E-state index is 0.0942. The molecule has 108 valence electrons. The van der Waals surface area contributed by atoms with E-state index in [2.05, 4.69) is 26.6 Å². The van der Waals surface area contributed by atoms with Gasteiger partial charge in [0.15, 0.2) is 0 Å². The van der Waals surface area contributed by atoms with Crippen LogP contribution in [0.25, 0.3) is 0 Å². The van der Waals surface area contributed by atoms with Crippen molar-refractivity contribution in [1.29, 1.82) is 0 Å². The first-order chi connectivity index (χ1) is 9.97. The van der Waals surface area contributed by atoms with Crippen LogP contribution >= 0.6 is 27.5 Å². The summed E-state index contributed by atoms with van der Waals surface area (Å²) in [5.41, 5.74) is 0.983. The molecular formula is C14H10BrClN2O3. The Morgan fingerprint density at radius 3 is 2.52 bits per heavy atom. The SMILES string of the molecule is O=C(Nc1cccc(C(=O)O)c1)Nc1cccc(Cl)c1Br. The van der Waals surface area contributed by atoms with Gasteiger partial charge in [-0.3, -0.25) is 0 Å². The second kappa shape index (κ2) is 6.60. The van der Waals surface area contributed by atoms with Gasteiger partial charge in [-0.05, 0) is 46.3 Å². The summed E-state index contributed by atoms with van der Waals surface area (Å²) in [5, 5.41) is 14.5. The summed E-state index contributed by atoms with van der Waals surface area (Å²) in [6, 6.07) is 10.5. The molecule has 0 atom stereocenters. The molecule has 21 heavy (non-hydrogen) atoms. The molecule has 0 spiro atoms. The lowest BCUT2D eigenvalue weighted by Crippen LogP contribution is -2.19. The third-order valence-corrected chi connectivity index (χ3v) is 3.96. The molecular weight excluding hydrogens is 360 g/mol. The maximum atomic E-state index is 11.9. The van der Waals surface area contributed by atoms with E-state index in [4.69, 9.17) is 16.7 Å². The Morgan fingerprint density at radius 2 is 1.81 bits per heavy atom. The van der Waals surface area contributed by atoms with E-state index in [1.54, 1.807) is 30.3 Å². The number of hydrogen-bond donors (Lipinski definition) is 3. The zero-order valence-corrected chi connectivity index (χ0v) is 12.9. The molecule has 3 N–H and O–H groups in total. The standard InChI is InChI=1S/C14H10BrClN2O3/c15-12-10(16)5-2-6-11(12)18-14(21)17-9-4-1-3-8(7-9)13(19)20/h1-7H,(H,19,20)(H2,17,18,21). The van der Waals surface area contributed by atoms with Crippen molar-refractivity contribution in [3.63, 3.8) is 0 Å². The number of benzene rings is 2. The van der Waals surface area contributed by atoms with Gasteiger partial charge in [-0.25, -0.2) is 9.59 Å². The van der Waals surface area contributed by atoms with Gasteiger partial charge in [0.05, 0.1) is 20.7 Å². The van der Waals surface area contributed by atoms with E-state index in [0.717, 1.165) is 0 Å². The number of urea groups is 1. The Morgan fingerprint density at radius 1 is 1.10 bits per heavy atom. The number of halogens is 2. The van der Waals surface area contributed by atoms with E-state index >= 15 is 0 Å². The van der Waals surface area contributed by atoms with Crippen molar-refractivity contribution in [2.75, 3.05) is 10.6 Å². The number of amides is 2. The minimum Gasteiger partial charge on any atom is -0.478 e. The first kappa shape index (κ1) is 15.3. The van der Waals surface area contributed by atoms with Crippen LogP contribution in [0.1, 0.15) is 10.4 Å². The quantitative estimate of drug-likeness (QED) is 0.748. The van der Waals surface area contributed by atoms with Gasteiger partial charge in [-0.1, -0.05) is 23.7 Å². The lowest BCUT2D eigenvalue weighted by molar-refractivity contribution is 0.0697. The number of carbonyl (C=O) groups is 2. The number of carbonyl (C=O) groups excluding carboxylic acids is 1. The fraction of sp³-hybridized carbons (Fsp3) is 0. The van der Waals surface area contributed by atoms with Gasteiger partial charge < -0.3 is 15.7 Å². The molecule has 0 saturated carbocycles. The number of rotatable bonds is 3. The van der Waals surface area contributed by atoms with Crippen LogP contribution in [0.5, 0.6) is 0 Å². The first-order valence-electron chi connectivity index (χ1n) is 5.83. The molecule has 0 fully saturated rings. The molecule has 2 aromatic rings. The van der Waals surface area contributed by atoms with Crippen molar-refractivity contribution in [1.82, 2.24) is 0 Å². The normalized spacial score (nSPS) is 10.0. The molecule has 2 aromatic carbocycles. The smallest absolute Gasteiger partial charge is 0.335 e. The number of carboxylic acids is 1. The van der Waals surface area contributed by atoms with E-state index < -0.39 is 12.0 Å². The van der Waals surface area contributed by atoms with Crippen LogP contribution in [-0.2, 0) is 0 Å². The highest BCUT2D eigenvalue weighted by Gasteiger charge is 2.09. The predicted octanol–water partition coefficient (Wildman–Crippen LogP) is 4.44. The molecule has 0 bridgehead atoms. The van der Waals surface area contributed by atoms with E-state index in [1.165, 1.54) is 12.1 Å². The minimum atomic E-state index is -1.06. The highest BCUT2D eigenvalue weighted by molar-refractivity contribution is 9.10. The number of nitrogens with one attached hydrogen (secondary N) is 2. The summed E-state index contributed by atoms with van der Waals surface area (Å²) < 4.78 is 0.570. The summed E-state index contributed by atoms with van der Waals surface area (Å²) in [5.74, 6) is -1.06. The molecule has 0 aliphatic rings. The van der Waals surface area contributed by atoms with Gasteiger partial charge in [0.25, 0.3) is 0 Å². The van der Waals surface area contributed by atoms with E-state index in [1.807, 2.05) is 0 Å². The summed E-state index contributed by atoms with van der Waals surface area (Å²) >= 11 is 9.20. The molecule has 2 rings (SSSR count). The predicted molar refractivity (Wildman–Crippen MR) is 85.2 cm³/mol. The maximum absolute atomic E-state index is 11.9. The van der Waals surface area contributed by atoms with E-state index in [-0.39, 0.29) is 5.56 Å². The third kappa shape index (κ3) is 3.96. The summed E-state index contributed by atoms with van der Waals surface area (Å²) in [6.07, 6.45) is 0. The molecule has 0 heterocycles. The number of aromatic carboxylic acids is 1. The molecule has 0 unspecified atom stereocenters. The summed E-state index contributed by atoms with van der Waals surface area (Å²) in [6.45, 7) is 0. The first-order valence-corrected chi connectivity index (χ1v) is 7.00. The topological polar surface area (TPSA) is 78.4 Å². The van der Waals surface area contributed by atoms with Crippen molar-refractivity contribution < 1.29 is 14.7 Å². The average Bonchev–Trinajstić information content (AvgIpc) is 2.44. The highest BCUT2D eigenvalue weighted by atomic mass is 79.9. The van der Waals surface area contributed by atoms with Crippen LogP contribution < -0.4 is 10.6 Å². The van der Waals surface area contributed by atoms with E-state index in [0.29, 0.717) is 20.9 Å². The molecule has 2 amide bonds. The zero-order chi connectivity index (χ0) is 15.4. The van der Waals surface area contributed by atoms with Crippen LogP contribution in [-0.4, -0.2) is 17.1 Å². The lowest BCUT2D eigenvalue weighted by atomic mass is 10.2. The Bertz CT molecular complexity index is 706. The van der Waals surface area contributed by atoms with Crippen molar-refractivity contribution in [2.45, 2.75) is 0 Å². The third-order valence-electron chi connectivity index (χ3n) is 2.57. The van der Waals surface area contributed by atoms with Gasteiger partial charge in [-0.2, -0.15) is 0 Å². The Hall–Kier alpha value is -2.05. The number of carboxylic acid groups (broad SMARTS) is 1. The monoisotopic (exact) mass is 368 g/mol. The summed E-state index contributed by atoms with van der Waals surface area (Å²) in [7, 11) is 0. The molecule has 7 heteroatoms. The van der Waals surface area contributed by atoms with Gasteiger partial charge in [0, 0.05) is 5.69 Å². The van der Waals surface area contributed by atoms with Gasteiger partial charge in [0.1, 0.15) is 0 Å². The van der Waals surface area contributed by atoms with Crippen molar-refractivity contribution >= 4 is 50.9 Å². The Labute approximate surface area is 134 Å². The van der Waals surface area contributed by atoms with Crippen LogP contribution in [0.15, 0.2) is 46.9 Å². The molecule has 0 saturated heterocycles. The largest absolute Gasteiger partial charge is 0.478 e. The number of anilines is 2. The number of hydrogen-bond acceptors (Lipinski definition) is 2. The van der Waals surface area contributed by atoms with Gasteiger partial charge in [-0.15, -0.1) is 0 Å². The van der Waals surface area contributed by atoms with Crippen molar-refractivity contribution in [3.8, 4) is 0 Å². The molecule has 0 aliphatic carbocycles. The fourth-order valence-electron chi connectivity index (χ4n) is 1.61. The van der Waals surface area contributed by atoms with E-state index in [9.17, 15) is 9.59 Å². The second-order valence-electron chi connectivity index (χ2n) is 4.07. The molecule has 0 aliphatic heterocycles. The summed E-state index contributed by atoms with van der Waals surface area (Å²) in [4.78, 5) is 22.8. The Kier molecular flexibility index (Phi) is 4.82. The van der Waals surface area contributed by atoms with Crippen molar-refractivity contribution in [2.24, 2.45) is 0 Å². The lowest BCUT2D eigenvalue weighted by Gasteiger charge is -2.10. The van der Waals surface area contributed by atoms with Crippen LogP contribution in [0.4, 0.5) is 16.2 Å². The average molecular weight is 370 g/mol. The molecule has 5 nitrogen and oxygen atoms in total.